The fraction of sp³-hybridized carbons (Fsp3) is 0.480. The third kappa shape index (κ3) is 6.04. The van der Waals surface area contributed by atoms with Gasteiger partial charge in [-0.2, -0.15) is 0 Å². The van der Waals surface area contributed by atoms with Gasteiger partial charge in [0.25, 0.3) is 0 Å². The van der Waals surface area contributed by atoms with Crippen LogP contribution in [0.2, 0.25) is 0 Å². The Hall–Kier alpha value is -2.57. The summed E-state index contributed by atoms with van der Waals surface area (Å²) in [4.78, 5) is 17.0. The summed E-state index contributed by atoms with van der Waals surface area (Å²) in [6, 6.07) is 13.6. The summed E-state index contributed by atoms with van der Waals surface area (Å²) in [5.74, 6) is -0.514. The van der Waals surface area contributed by atoms with Gasteiger partial charge in [-0.3, -0.25) is 13.4 Å². The maximum Gasteiger partial charge on any atom is 0.527 e. The Morgan fingerprint density at radius 1 is 1.06 bits per heavy atom. The van der Waals surface area contributed by atoms with E-state index in [1.54, 1.807) is 39.7 Å². The van der Waals surface area contributed by atoms with Crippen molar-refractivity contribution in [3.63, 3.8) is 0 Å². The number of para-hydroxylation sites is 3. The van der Waals surface area contributed by atoms with E-state index in [0.29, 0.717) is 50.6 Å². The van der Waals surface area contributed by atoms with Crippen LogP contribution in [0.4, 0.5) is 26.2 Å². The molecule has 0 aliphatic carbocycles. The molecule has 2 aliphatic heterocycles. The molecule has 4 rings (SSSR count). The molecule has 11 heteroatoms. The van der Waals surface area contributed by atoms with Crippen LogP contribution in [0, 0.1) is 5.82 Å². The SMILES string of the molecule is CCCCOC(=O)ON1CCC(NCCCN2c3ccccc3N(c3ccccc3F)S2(O)O)CC1. The number of hydrogen-bond donors (Lipinski definition) is 3. The van der Waals surface area contributed by atoms with E-state index < -0.39 is 22.9 Å². The molecule has 2 heterocycles. The Labute approximate surface area is 213 Å². The Morgan fingerprint density at radius 3 is 2.42 bits per heavy atom. The zero-order valence-electron chi connectivity index (χ0n) is 20.5. The molecule has 1 fully saturated rings. The van der Waals surface area contributed by atoms with Crippen LogP contribution >= 0.6 is 11.0 Å². The highest BCUT2D eigenvalue weighted by atomic mass is 32.3. The van der Waals surface area contributed by atoms with Crippen molar-refractivity contribution >= 4 is 34.2 Å². The largest absolute Gasteiger partial charge is 0.527 e. The van der Waals surface area contributed by atoms with Crippen LogP contribution < -0.4 is 13.9 Å². The molecule has 0 atom stereocenters. The van der Waals surface area contributed by atoms with Crippen LogP contribution in [0.1, 0.15) is 39.0 Å². The summed E-state index contributed by atoms with van der Waals surface area (Å²) in [5.41, 5.74) is 1.36. The van der Waals surface area contributed by atoms with E-state index in [9.17, 15) is 18.3 Å². The molecular formula is C25H35FN4O5S. The van der Waals surface area contributed by atoms with Gasteiger partial charge in [-0.25, -0.2) is 13.5 Å². The molecule has 0 unspecified atom stereocenters. The minimum atomic E-state index is -3.46. The van der Waals surface area contributed by atoms with E-state index >= 15 is 0 Å². The van der Waals surface area contributed by atoms with Gasteiger partial charge >= 0.3 is 6.16 Å². The van der Waals surface area contributed by atoms with Gasteiger partial charge in [0.2, 0.25) is 0 Å². The Kier molecular flexibility index (Phi) is 8.91. The summed E-state index contributed by atoms with van der Waals surface area (Å²) >= 11 is 0. The van der Waals surface area contributed by atoms with Crippen molar-refractivity contribution in [2.24, 2.45) is 0 Å². The zero-order valence-corrected chi connectivity index (χ0v) is 21.3. The maximum absolute atomic E-state index is 14.6. The number of halogens is 1. The number of hydroxylamine groups is 2. The van der Waals surface area contributed by atoms with Gasteiger partial charge in [0.1, 0.15) is 11.5 Å². The van der Waals surface area contributed by atoms with Crippen LogP contribution in [0.5, 0.6) is 0 Å². The summed E-state index contributed by atoms with van der Waals surface area (Å²) in [7, 11) is -3.46. The standard InChI is InChI=1S/C25H35FN4O5S/c1-2-3-19-34-25(31)35-28-17-13-20(14-18-28)27-15-8-16-29-23-11-6-7-12-24(23)30(36(29,32)33)22-10-5-4-9-21(22)26/h4-7,9-12,20,27,32-33H,2-3,8,13-19H2,1H3. The van der Waals surface area contributed by atoms with Gasteiger partial charge in [-0.1, -0.05) is 37.6 Å². The van der Waals surface area contributed by atoms with Crippen LogP contribution in [0.15, 0.2) is 48.5 Å². The number of fused-ring (bicyclic) bond motifs is 1. The van der Waals surface area contributed by atoms with Crippen molar-refractivity contribution in [3.05, 3.63) is 54.3 Å². The zero-order chi connectivity index (χ0) is 25.5. The van der Waals surface area contributed by atoms with E-state index in [1.807, 2.05) is 19.1 Å². The van der Waals surface area contributed by atoms with Gasteiger partial charge in [-0.05, 0) is 67.5 Å². The first kappa shape index (κ1) is 26.5. The second kappa shape index (κ2) is 12.1. The predicted octanol–water partition coefficient (Wildman–Crippen LogP) is 5.68. The number of nitrogens with zero attached hydrogens (tertiary/aromatic N) is 3. The molecule has 2 aromatic rings. The number of carbonyl (C=O) groups is 1. The van der Waals surface area contributed by atoms with Crippen LogP contribution in [0.25, 0.3) is 0 Å². The number of rotatable bonds is 10. The summed E-state index contributed by atoms with van der Waals surface area (Å²) in [6.07, 6.45) is 3.44. The van der Waals surface area contributed by atoms with E-state index in [-0.39, 0.29) is 11.7 Å². The van der Waals surface area contributed by atoms with Gasteiger partial charge in [0.05, 0.1) is 18.0 Å². The van der Waals surface area contributed by atoms with Gasteiger partial charge in [0, 0.05) is 25.7 Å². The van der Waals surface area contributed by atoms with Crippen molar-refractivity contribution < 1.29 is 27.9 Å². The third-order valence-corrected chi connectivity index (χ3v) is 8.18. The van der Waals surface area contributed by atoms with Crippen molar-refractivity contribution in [1.82, 2.24) is 10.4 Å². The first-order chi connectivity index (χ1) is 17.4. The molecule has 36 heavy (non-hydrogen) atoms. The highest BCUT2D eigenvalue weighted by molar-refractivity contribution is 8.27. The van der Waals surface area contributed by atoms with Crippen LogP contribution in [-0.2, 0) is 9.57 Å². The molecule has 9 nitrogen and oxygen atoms in total. The summed E-state index contributed by atoms with van der Waals surface area (Å²) in [5, 5.41) is 5.15. The quantitative estimate of drug-likeness (QED) is 0.269. The Bertz CT molecular complexity index is 1020. The predicted molar refractivity (Wildman–Crippen MR) is 140 cm³/mol. The molecule has 2 aromatic carbocycles. The second-order valence-corrected chi connectivity index (χ2v) is 10.7. The van der Waals surface area contributed by atoms with Gasteiger partial charge < -0.3 is 14.9 Å². The third-order valence-electron chi connectivity index (χ3n) is 6.33. The minimum Gasteiger partial charge on any atom is -0.433 e. The molecule has 198 valence electrons. The molecule has 0 amide bonds. The van der Waals surface area contributed by atoms with Crippen molar-refractivity contribution in [2.45, 2.75) is 45.1 Å². The molecule has 0 radical (unpaired) electrons. The highest BCUT2D eigenvalue weighted by Crippen LogP contribution is 2.64. The maximum atomic E-state index is 14.6. The average molecular weight is 523 g/mol. The first-order valence-corrected chi connectivity index (χ1v) is 13.9. The number of benzene rings is 2. The van der Waals surface area contributed by atoms with Crippen LogP contribution in [0.3, 0.4) is 0 Å². The number of nitrogens with one attached hydrogen (secondary N) is 1. The Morgan fingerprint density at radius 2 is 1.72 bits per heavy atom. The van der Waals surface area contributed by atoms with E-state index in [0.717, 1.165) is 25.7 Å². The normalized spacial score (nSPS) is 18.7. The molecule has 0 bridgehead atoms. The number of ether oxygens (including phenoxy) is 1. The summed E-state index contributed by atoms with van der Waals surface area (Å²) in [6.45, 7) is 4.72. The first-order valence-electron chi connectivity index (χ1n) is 12.4. The molecule has 1 saturated heterocycles. The lowest BCUT2D eigenvalue weighted by molar-refractivity contribution is -0.140. The number of unbranched alkanes of at least 4 members (excludes halogenated alkanes) is 1. The van der Waals surface area contributed by atoms with E-state index in [1.165, 1.54) is 10.4 Å². The fourth-order valence-corrected chi connectivity index (χ4v) is 6.26. The minimum absolute atomic E-state index is 0.133. The molecule has 2 aliphatic rings. The lowest BCUT2D eigenvalue weighted by atomic mass is 10.1. The number of carbonyl (C=O) groups excluding carboxylic acids is 1. The lowest BCUT2D eigenvalue weighted by Gasteiger charge is -2.44. The van der Waals surface area contributed by atoms with Crippen molar-refractivity contribution in [2.75, 3.05) is 41.4 Å². The highest BCUT2D eigenvalue weighted by Gasteiger charge is 2.42. The van der Waals surface area contributed by atoms with Gasteiger partial charge in [0.15, 0.2) is 0 Å². The molecular weight excluding hydrogens is 487 g/mol. The number of hydrogen-bond acceptors (Lipinski definition) is 9. The summed E-state index contributed by atoms with van der Waals surface area (Å²) < 4.78 is 44.8. The molecule has 0 spiro atoms. The molecule has 0 aromatic heterocycles. The average Bonchev–Trinajstić information content (AvgIpc) is 3.09. The van der Waals surface area contributed by atoms with Crippen LogP contribution in [-0.4, -0.2) is 59.2 Å². The van der Waals surface area contributed by atoms with E-state index in [2.05, 4.69) is 5.32 Å². The topological polar surface area (TPSA) is 97.7 Å². The van der Waals surface area contributed by atoms with Gasteiger partial charge in [-0.15, -0.1) is 5.06 Å². The van der Waals surface area contributed by atoms with Crippen molar-refractivity contribution in [3.8, 4) is 0 Å². The van der Waals surface area contributed by atoms with E-state index in [4.69, 9.17) is 9.57 Å². The number of piperidine rings is 1. The molecule has 3 N–H and O–H groups in total. The Balaban J connectivity index is 1.26. The smallest absolute Gasteiger partial charge is 0.433 e. The lowest BCUT2D eigenvalue weighted by Crippen LogP contribution is -2.44. The monoisotopic (exact) mass is 522 g/mol. The fourth-order valence-electron chi connectivity index (χ4n) is 4.44. The molecule has 0 saturated carbocycles. The second-order valence-electron chi connectivity index (χ2n) is 8.88. The van der Waals surface area contributed by atoms with Crippen molar-refractivity contribution in [1.29, 1.82) is 0 Å². The number of anilines is 3.